The lowest BCUT2D eigenvalue weighted by Gasteiger charge is -2.43. The number of aromatic nitrogens is 2. The van der Waals surface area contributed by atoms with E-state index in [9.17, 15) is 31.1 Å². The van der Waals surface area contributed by atoms with E-state index in [0.29, 0.717) is 0 Å². The van der Waals surface area contributed by atoms with Crippen LogP contribution in [0.3, 0.4) is 0 Å². The largest absolute Gasteiger partial charge is 0.437 e. The number of hydrogen-bond acceptors (Lipinski definition) is 2. The quantitative estimate of drug-likeness (QED) is 0.819. The zero-order chi connectivity index (χ0) is 16.8. The van der Waals surface area contributed by atoms with Gasteiger partial charge < -0.3 is 10.6 Å². The van der Waals surface area contributed by atoms with E-state index < -0.39 is 35.3 Å². The van der Waals surface area contributed by atoms with Gasteiger partial charge in [-0.1, -0.05) is 0 Å². The SMILES string of the molecule is Cn1cc(NC(=O)NC2(C(F)(F)F)CCC2)c(C(F)(F)F)n1. The van der Waals surface area contributed by atoms with E-state index >= 15 is 0 Å². The second kappa shape index (κ2) is 5.06. The maximum absolute atomic E-state index is 12.9. The molecule has 1 aromatic rings. The zero-order valence-electron chi connectivity index (χ0n) is 11.3. The van der Waals surface area contributed by atoms with Crippen molar-refractivity contribution in [1.82, 2.24) is 15.1 Å². The minimum atomic E-state index is -4.83. The monoisotopic (exact) mass is 330 g/mol. The van der Waals surface area contributed by atoms with Crippen LogP contribution in [0.15, 0.2) is 6.20 Å². The first-order valence-electron chi connectivity index (χ1n) is 6.21. The molecule has 1 heterocycles. The Labute approximate surface area is 120 Å². The summed E-state index contributed by atoms with van der Waals surface area (Å²) in [6.45, 7) is 0. The van der Waals surface area contributed by atoms with Crippen molar-refractivity contribution in [2.75, 3.05) is 5.32 Å². The first-order chi connectivity index (χ1) is 9.95. The molecule has 0 unspecified atom stereocenters. The molecule has 0 spiro atoms. The van der Waals surface area contributed by atoms with Gasteiger partial charge in [-0.2, -0.15) is 31.4 Å². The second-order valence-corrected chi connectivity index (χ2v) is 5.08. The van der Waals surface area contributed by atoms with Gasteiger partial charge in [0.15, 0.2) is 5.69 Å². The van der Waals surface area contributed by atoms with Gasteiger partial charge in [-0.05, 0) is 19.3 Å². The number of amides is 2. The number of nitrogens with one attached hydrogen (secondary N) is 2. The molecule has 0 aromatic carbocycles. The third-order valence-corrected chi connectivity index (χ3v) is 3.45. The van der Waals surface area contributed by atoms with Crippen LogP contribution in [0.25, 0.3) is 0 Å². The average Bonchev–Trinajstić information content (AvgIpc) is 2.62. The van der Waals surface area contributed by atoms with Crippen molar-refractivity contribution in [3.8, 4) is 0 Å². The molecular formula is C11H12F6N4O. The predicted molar refractivity (Wildman–Crippen MR) is 63.0 cm³/mol. The fraction of sp³-hybridized carbons (Fsp3) is 0.636. The van der Waals surface area contributed by atoms with Gasteiger partial charge in [0, 0.05) is 13.2 Å². The van der Waals surface area contributed by atoms with Crippen LogP contribution >= 0.6 is 0 Å². The van der Waals surface area contributed by atoms with E-state index in [1.807, 2.05) is 0 Å². The minimum absolute atomic E-state index is 0.278. The normalized spacial score (nSPS) is 17.8. The molecule has 0 atom stereocenters. The summed E-state index contributed by atoms with van der Waals surface area (Å²) >= 11 is 0. The summed E-state index contributed by atoms with van der Waals surface area (Å²) in [5.41, 5.74) is -4.46. The first-order valence-corrected chi connectivity index (χ1v) is 6.21. The van der Waals surface area contributed by atoms with Crippen molar-refractivity contribution in [2.24, 2.45) is 7.05 Å². The zero-order valence-corrected chi connectivity index (χ0v) is 11.3. The van der Waals surface area contributed by atoms with Gasteiger partial charge in [0.2, 0.25) is 0 Å². The van der Waals surface area contributed by atoms with E-state index in [1.165, 1.54) is 7.05 Å². The predicted octanol–water partition coefficient (Wildman–Crippen LogP) is 3.05. The van der Waals surface area contributed by atoms with Crippen molar-refractivity contribution >= 4 is 11.7 Å². The lowest BCUT2D eigenvalue weighted by Crippen LogP contribution is -2.63. The Morgan fingerprint density at radius 3 is 2.27 bits per heavy atom. The summed E-state index contributed by atoms with van der Waals surface area (Å²) in [6.07, 6.45) is -8.96. The molecule has 0 aliphatic heterocycles. The van der Waals surface area contributed by atoms with Crippen LogP contribution in [0.5, 0.6) is 0 Å². The Morgan fingerprint density at radius 2 is 1.86 bits per heavy atom. The highest BCUT2D eigenvalue weighted by atomic mass is 19.4. The Morgan fingerprint density at radius 1 is 1.27 bits per heavy atom. The highest BCUT2D eigenvalue weighted by molar-refractivity contribution is 5.90. The summed E-state index contributed by atoms with van der Waals surface area (Å²) < 4.78 is 77.5. The number of anilines is 1. The number of nitrogens with zero attached hydrogens (tertiary/aromatic N) is 2. The summed E-state index contributed by atoms with van der Waals surface area (Å²) in [6, 6.07) is -1.35. The van der Waals surface area contributed by atoms with Crippen molar-refractivity contribution < 1.29 is 31.1 Å². The Balaban J connectivity index is 2.14. The molecule has 0 saturated heterocycles. The summed E-state index contributed by atoms with van der Waals surface area (Å²) in [5, 5.41) is 6.65. The minimum Gasteiger partial charge on any atom is -0.323 e. The number of hydrogen-bond donors (Lipinski definition) is 2. The van der Waals surface area contributed by atoms with Gasteiger partial charge in [0.05, 0.1) is 5.69 Å². The molecule has 5 nitrogen and oxygen atoms in total. The molecule has 22 heavy (non-hydrogen) atoms. The number of urea groups is 1. The number of halogens is 6. The van der Waals surface area contributed by atoms with E-state index in [4.69, 9.17) is 0 Å². The number of alkyl halides is 6. The standard InChI is InChI=1S/C11H12F6N4O/c1-21-5-6(7(20-21)10(12,13)14)18-8(22)19-9(3-2-4-9)11(15,16)17/h5H,2-4H2,1H3,(H2,18,19,22). The van der Waals surface area contributed by atoms with E-state index in [2.05, 4.69) is 5.10 Å². The fourth-order valence-corrected chi connectivity index (χ4v) is 2.17. The molecule has 1 fully saturated rings. The second-order valence-electron chi connectivity index (χ2n) is 5.08. The highest BCUT2D eigenvalue weighted by Gasteiger charge is 2.59. The van der Waals surface area contributed by atoms with Crippen molar-refractivity contribution in [2.45, 2.75) is 37.2 Å². The van der Waals surface area contributed by atoms with Gasteiger partial charge in [0.1, 0.15) is 5.54 Å². The van der Waals surface area contributed by atoms with E-state index in [1.54, 1.807) is 10.6 Å². The number of aryl methyl sites for hydroxylation is 1. The molecule has 2 N–H and O–H groups in total. The Kier molecular flexibility index (Phi) is 3.78. The lowest BCUT2D eigenvalue weighted by atomic mass is 9.76. The topological polar surface area (TPSA) is 59.0 Å². The highest BCUT2D eigenvalue weighted by Crippen LogP contribution is 2.45. The Bertz CT molecular complexity index is 572. The average molecular weight is 330 g/mol. The van der Waals surface area contributed by atoms with Crippen LogP contribution in [0.4, 0.5) is 36.8 Å². The van der Waals surface area contributed by atoms with Crippen LogP contribution < -0.4 is 10.6 Å². The first kappa shape index (κ1) is 16.4. The summed E-state index contributed by atoms with van der Waals surface area (Å²) in [7, 11) is 1.20. The number of carbonyl (C=O) groups is 1. The van der Waals surface area contributed by atoms with Crippen LogP contribution in [0.1, 0.15) is 25.0 Å². The van der Waals surface area contributed by atoms with E-state index in [0.717, 1.165) is 10.9 Å². The smallest absolute Gasteiger partial charge is 0.323 e. The summed E-state index contributed by atoms with van der Waals surface area (Å²) in [5.74, 6) is 0. The van der Waals surface area contributed by atoms with Gasteiger partial charge in [-0.25, -0.2) is 4.79 Å². The molecule has 11 heteroatoms. The third-order valence-electron chi connectivity index (χ3n) is 3.45. The molecule has 124 valence electrons. The van der Waals surface area contributed by atoms with Gasteiger partial charge in [-0.3, -0.25) is 4.68 Å². The van der Waals surface area contributed by atoms with Crippen LogP contribution in [0, 0.1) is 0 Å². The maximum atomic E-state index is 12.9. The number of carbonyl (C=O) groups excluding carboxylic acids is 1. The summed E-state index contributed by atoms with van der Waals surface area (Å²) in [4.78, 5) is 11.6. The number of rotatable bonds is 2. The maximum Gasteiger partial charge on any atom is 0.437 e. The van der Waals surface area contributed by atoms with Crippen LogP contribution in [-0.4, -0.2) is 27.5 Å². The van der Waals surface area contributed by atoms with Crippen LogP contribution in [0.2, 0.25) is 0 Å². The van der Waals surface area contributed by atoms with Gasteiger partial charge >= 0.3 is 18.4 Å². The molecule has 1 aliphatic carbocycles. The van der Waals surface area contributed by atoms with Crippen molar-refractivity contribution in [3.05, 3.63) is 11.9 Å². The molecule has 1 saturated carbocycles. The van der Waals surface area contributed by atoms with Gasteiger partial charge in [-0.15, -0.1) is 0 Å². The van der Waals surface area contributed by atoms with Crippen molar-refractivity contribution in [3.63, 3.8) is 0 Å². The molecule has 2 amide bonds. The molecule has 2 rings (SSSR count). The molecule has 1 aromatic heterocycles. The molecule has 0 bridgehead atoms. The fourth-order valence-electron chi connectivity index (χ4n) is 2.17. The Hall–Kier alpha value is -1.94. The molecule has 1 aliphatic rings. The molecular weight excluding hydrogens is 318 g/mol. The molecule has 0 radical (unpaired) electrons. The van der Waals surface area contributed by atoms with E-state index in [-0.39, 0.29) is 19.3 Å². The third kappa shape index (κ3) is 2.97. The van der Waals surface area contributed by atoms with Crippen LogP contribution in [-0.2, 0) is 13.2 Å². The van der Waals surface area contributed by atoms with Crippen molar-refractivity contribution in [1.29, 1.82) is 0 Å². The lowest BCUT2D eigenvalue weighted by molar-refractivity contribution is -0.214. The van der Waals surface area contributed by atoms with Gasteiger partial charge in [0.25, 0.3) is 0 Å².